The van der Waals surface area contributed by atoms with E-state index in [0.29, 0.717) is 18.2 Å². The van der Waals surface area contributed by atoms with Crippen molar-refractivity contribution < 1.29 is 14.5 Å². The van der Waals surface area contributed by atoms with Crippen LogP contribution in [-0.4, -0.2) is 36.4 Å². The molecule has 3 heterocycles. The highest BCUT2D eigenvalue weighted by Crippen LogP contribution is 2.32. The van der Waals surface area contributed by atoms with Gasteiger partial charge in [0.1, 0.15) is 0 Å². The summed E-state index contributed by atoms with van der Waals surface area (Å²) < 4.78 is 1.25. The van der Waals surface area contributed by atoms with E-state index < -0.39 is 5.91 Å². The van der Waals surface area contributed by atoms with E-state index in [0.717, 1.165) is 37.1 Å². The molecule has 2 aliphatic rings. The highest BCUT2D eigenvalue weighted by Gasteiger charge is 2.38. The van der Waals surface area contributed by atoms with E-state index in [-0.39, 0.29) is 5.78 Å². The number of thiazole rings is 1. The van der Waals surface area contributed by atoms with Gasteiger partial charge in [-0.2, -0.15) is 0 Å². The van der Waals surface area contributed by atoms with E-state index in [1.54, 1.807) is 22.3 Å². The molecule has 1 fully saturated rings. The fourth-order valence-corrected chi connectivity index (χ4v) is 5.26. The fraction of sp³-hybridized carbons (Fsp3) is 0.286. The quantitative estimate of drug-likeness (QED) is 0.711. The van der Waals surface area contributed by atoms with Crippen LogP contribution in [0, 0.1) is 0 Å². The number of amides is 1. The second-order valence-corrected chi connectivity index (χ2v) is 8.34. The van der Waals surface area contributed by atoms with Gasteiger partial charge in [0.15, 0.2) is 6.67 Å². The van der Waals surface area contributed by atoms with Crippen molar-refractivity contribution in [1.29, 1.82) is 0 Å². The van der Waals surface area contributed by atoms with Crippen molar-refractivity contribution in [3.05, 3.63) is 59.1 Å². The van der Waals surface area contributed by atoms with Crippen LogP contribution in [0.5, 0.6) is 0 Å². The number of carbonyl (C=O) groups is 2. The summed E-state index contributed by atoms with van der Waals surface area (Å²) in [6.45, 7) is 2.54. The van der Waals surface area contributed by atoms with Gasteiger partial charge in [-0.1, -0.05) is 24.3 Å². The van der Waals surface area contributed by atoms with Crippen LogP contribution >= 0.6 is 11.3 Å². The van der Waals surface area contributed by atoms with E-state index in [1.165, 1.54) is 14.6 Å². The number of quaternary nitrogens is 1. The summed E-state index contributed by atoms with van der Waals surface area (Å²) in [7, 11) is 0. The summed E-state index contributed by atoms with van der Waals surface area (Å²) in [6, 6.07) is 15.6. The van der Waals surface area contributed by atoms with Crippen LogP contribution in [0.25, 0.3) is 10.2 Å². The first kappa shape index (κ1) is 16.6. The Labute approximate surface area is 161 Å². The number of benzene rings is 2. The van der Waals surface area contributed by atoms with Crippen molar-refractivity contribution in [2.75, 3.05) is 24.7 Å². The summed E-state index contributed by atoms with van der Waals surface area (Å²) in [5.74, 6) is -0.277. The third-order valence-corrected chi connectivity index (χ3v) is 6.81. The van der Waals surface area contributed by atoms with Gasteiger partial charge in [0, 0.05) is 18.8 Å². The zero-order chi connectivity index (χ0) is 18.4. The van der Waals surface area contributed by atoms with Gasteiger partial charge in [0.25, 0.3) is 5.78 Å². The molecule has 0 aliphatic carbocycles. The summed E-state index contributed by atoms with van der Waals surface area (Å²) in [6.07, 6.45) is 2.12. The molecule has 0 atom stereocenters. The Bertz CT molecular complexity index is 1000. The molecule has 0 bridgehead atoms. The van der Waals surface area contributed by atoms with Crippen molar-refractivity contribution in [2.24, 2.45) is 0 Å². The highest BCUT2D eigenvalue weighted by atomic mass is 32.1. The first-order valence-corrected chi connectivity index (χ1v) is 10.2. The molecule has 1 N–H and O–H groups in total. The van der Waals surface area contributed by atoms with Crippen molar-refractivity contribution in [2.45, 2.75) is 18.8 Å². The number of para-hydroxylation sites is 2. The van der Waals surface area contributed by atoms with Gasteiger partial charge in [-0.05, 0) is 24.3 Å². The number of hydrogen-bond acceptors (Lipinski definition) is 4. The molecule has 0 spiro atoms. The van der Waals surface area contributed by atoms with Crippen molar-refractivity contribution in [1.82, 2.24) is 4.98 Å². The molecule has 2 aromatic carbocycles. The van der Waals surface area contributed by atoms with Gasteiger partial charge >= 0.3 is 5.91 Å². The topological polar surface area (TPSA) is 54.7 Å². The maximum absolute atomic E-state index is 12.4. The van der Waals surface area contributed by atoms with Gasteiger partial charge in [0.2, 0.25) is 0 Å². The third-order valence-electron chi connectivity index (χ3n) is 5.61. The van der Waals surface area contributed by atoms with Crippen molar-refractivity contribution in [3.63, 3.8) is 0 Å². The number of aromatic nitrogens is 1. The molecular formula is C21H20N3O2S+. The lowest BCUT2D eigenvalue weighted by atomic mass is 9.98. The monoisotopic (exact) mass is 378 g/mol. The number of hydrogen-bond donors (Lipinski definition) is 1. The lowest BCUT2D eigenvalue weighted by molar-refractivity contribution is -0.904. The molecule has 5 nitrogen and oxygen atoms in total. The predicted molar refractivity (Wildman–Crippen MR) is 105 cm³/mol. The molecule has 1 amide bonds. The van der Waals surface area contributed by atoms with Crippen LogP contribution in [0.3, 0.4) is 0 Å². The number of ketones is 1. The number of nitrogens with one attached hydrogen (secondary N) is 1. The summed E-state index contributed by atoms with van der Waals surface area (Å²) in [5, 5.41) is 1.23. The van der Waals surface area contributed by atoms with Gasteiger partial charge in [-0.25, -0.2) is 4.98 Å². The summed E-state index contributed by atoms with van der Waals surface area (Å²) >= 11 is 1.80. The second kappa shape index (κ2) is 6.55. The lowest BCUT2D eigenvalue weighted by Crippen LogP contribution is -3.14. The molecule has 1 saturated heterocycles. The Morgan fingerprint density at radius 3 is 2.59 bits per heavy atom. The van der Waals surface area contributed by atoms with Crippen molar-refractivity contribution >= 4 is 38.9 Å². The molecule has 5 rings (SSSR count). The number of Topliss-reactive ketones (excluding diaryl/α,β-unsaturated/α-hetero) is 1. The van der Waals surface area contributed by atoms with E-state index in [9.17, 15) is 9.59 Å². The standard InChI is InChI=1S/C21H19N3O2S/c25-19-15-5-1-3-7-17(15)24(21(19)26)13-23-11-9-14(10-12-23)20-22-16-6-2-4-8-18(16)27-20/h1-8,14H,9-13H2/p+1. The number of anilines is 1. The minimum atomic E-state index is -0.392. The number of fused-ring (bicyclic) bond motifs is 2. The molecule has 27 heavy (non-hydrogen) atoms. The van der Waals surface area contributed by atoms with Gasteiger partial charge in [-0.3, -0.25) is 14.5 Å². The van der Waals surface area contributed by atoms with Crippen LogP contribution < -0.4 is 9.80 Å². The molecule has 0 radical (unpaired) electrons. The van der Waals surface area contributed by atoms with Crippen LogP contribution in [0.4, 0.5) is 5.69 Å². The van der Waals surface area contributed by atoms with Crippen LogP contribution in [-0.2, 0) is 4.79 Å². The molecular weight excluding hydrogens is 358 g/mol. The summed E-state index contributed by atoms with van der Waals surface area (Å²) in [4.78, 5) is 32.4. The minimum absolute atomic E-state index is 0.380. The van der Waals surface area contributed by atoms with Crippen LogP contribution in [0.1, 0.15) is 34.1 Å². The first-order valence-electron chi connectivity index (χ1n) is 9.35. The normalized spacial score (nSPS) is 22.4. The average molecular weight is 378 g/mol. The van der Waals surface area contributed by atoms with E-state index in [4.69, 9.17) is 4.98 Å². The largest absolute Gasteiger partial charge is 0.317 e. The maximum atomic E-state index is 12.4. The number of likely N-dealkylation sites (tertiary alicyclic amines) is 1. The van der Waals surface area contributed by atoms with Gasteiger partial charge in [0.05, 0.1) is 39.6 Å². The first-order chi connectivity index (χ1) is 13.2. The molecule has 0 saturated carbocycles. The number of nitrogens with zero attached hydrogens (tertiary/aromatic N) is 2. The molecule has 0 unspecified atom stereocenters. The highest BCUT2D eigenvalue weighted by molar-refractivity contribution is 7.18. The summed E-state index contributed by atoms with van der Waals surface area (Å²) in [5.41, 5.74) is 2.38. The number of rotatable bonds is 3. The Kier molecular flexibility index (Phi) is 4.02. The Hall–Kier alpha value is -2.57. The van der Waals surface area contributed by atoms with Gasteiger partial charge in [-0.15, -0.1) is 11.3 Å². The molecule has 136 valence electrons. The van der Waals surface area contributed by atoms with Gasteiger partial charge < -0.3 is 4.90 Å². The fourth-order valence-electron chi connectivity index (χ4n) is 4.12. The molecule has 3 aromatic rings. The lowest BCUT2D eigenvalue weighted by Gasteiger charge is -2.31. The Morgan fingerprint density at radius 1 is 1.04 bits per heavy atom. The van der Waals surface area contributed by atoms with Crippen molar-refractivity contribution in [3.8, 4) is 0 Å². The Balaban J connectivity index is 1.27. The van der Waals surface area contributed by atoms with Crippen LogP contribution in [0.2, 0.25) is 0 Å². The minimum Gasteiger partial charge on any atom is -0.317 e. The Morgan fingerprint density at radius 2 is 1.78 bits per heavy atom. The zero-order valence-electron chi connectivity index (χ0n) is 14.9. The molecule has 6 heteroatoms. The molecule has 2 aliphatic heterocycles. The maximum Gasteiger partial charge on any atom is 0.303 e. The number of piperidine rings is 1. The average Bonchev–Trinajstić information content (AvgIpc) is 3.24. The SMILES string of the molecule is O=C1C(=O)N(C[NH+]2CCC(c3nc4ccccc4s3)CC2)c2ccccc21. The smallest absolute Gasteiger partial charge is 0.303 e. The zero-order valence-corrected chi connectivity index (χ0v) is 15.7. The third kappa shape index (κ3) is 2.85. The van der Waals surface area contributed by atoms with E-state index in [1.807, 2.05) is 24.3 Å². The second-order valence-electron chi connectivity index (χ2n) is 7.28. The van der Waals surface area contributed by atoms with Crippen LogP contribution in [0.15, 0.2) is 48.5 Å². The predicted octanol–water partition coefficient (Wildman–Crippen LogP) is 2.25. The number of carbonyl (C=O) groups excluding carboxylic acids is 2. The molecule has 1 aromatic heterocycles. The van der Waals surface area contributed by atoms with E-state index >= 15 is 0 Å². The van der Waals surface area contributed by atoms with E-state index in [2.05, 4.69) is 18.2 Å².